The summed E-state index contributed by atoms with van der Waals surface area (Å²) in [7, 11) is 1.39. The number of methoxy groups -OCH3 is 1. The van der Waals surface area contributed by atoms with Crippen LogP contribution in [0.25, 0.3) is 0 Å². The molecule has 0 aromatic heterocycles. The molecule has 1 amide bonds. The number of carboxylic acid groups (broad SMARTS) is 1. The number of carbonyl (C=O) groups is 2. The first-order valence-corrected chi connectivity index (χ1v) is 7.43. The topological polar surface area (TPSA) is 94.1 Å². The van der Waals surface area contributed by atoms with Crippen molar-refractivity contribution >= 4 is 12.1 Å². The fraction of sp³-hybridized carbons (Fsp3) is 0.500. The Labute approximate surface area is 134 Å². The summed E-state index contributed by atoms with van der Waals surface area (Å²) >= 11 is 0. The van der Waals surface area contributed by atoms with Crippen molar-refractivity contribution in [1.82, 2.24) is 5.48 Å². The summed E-state index contributed by atoms with van der Waals surface area (Å²) < 4.78 is 9.95. The molecule has 1 fully saturated rings. The van der Waals surface area contributed by atoms with E-state index in [0.717, 1.165) is 18.4 Å². The Kier molecular flexibility index (Phi) is 5.95. The lowest BCUT2D eigenvalue weighted by Crippen LogP contribution is -2.50. The number of amides is 1. The van der Waals surface area contributed by atoms with Gasteiger partial charge in [-0.1, -0.05) is 43.2 Å². The minimum atomic E-state index is -1.60. The molecule has 1 aliphatic rings. The van der Waals surface area contributed by atoms with Gasteiger partial charge in [-0.25, -0.2) is 14.4 Å². The average molecular weight is 323 g/mol. The first-order chi connectivity index (χ1) is 11.1. The van der Waals surface area contributed by atoms with E-state index in [0.29, 0.717) is 0 Å². The molecule has 0 spiro atoms. The molecular weight excluding hydrogens is 302 g/mol. The monoisotopic (exact) mass is 323 g/mol. The largest absolute Gasteiger partial charge is 0.479 e. The van der Waals surface area contributed by atoms with Crippen molar-refractivity contribution in [2.75, 3.05) is 13.7 Å². The number of hydrogen-bond donors (Lipinski definition) is 2. The highest BCUT2D eigenvalue weighted by Gasteiger charge is 2.46. The number of hydrogen-bond acceptors (Lipinski definition) is 5. The van der Waals surface area contributed by atoms with Gasteiger partial charge in [-0.05, 0) is 17.9 Å². The van der Waals surface area contributed by atoms with Crippen molar-refractivity contribution in [3.05, 3.63) is 35.9 Å². The smallest absolute Gasteiger partial charge is 0.431 e. The van der Waals surface area contributed by atoms with E-state index in [-0.39, 0.29) is 25.6 Å². The second-order valence-electron chi connectivity index (χ2n) is 5.65. The highest BCUT2D eigenvalue weighted by molar-refractivity contribution is 5.78. The van der Waals surface area contributed by atoms with Crippen molar-refractivity contribution in [1.29, 1.82) is 0 Å². The predicted octanol–water partition coefficient (Wildman–Crippen LogP) is 2.11. The van der Waals surface area contributed by atoms with Crippen molar-refractivity contribution in [3.8, 4) is 0 Å². The molecule has 0 saturated heterocycles. The normalized spacial score (nSPS) is 16.4. The van der Waals surface area contributed by atoms with Crippen LogP contribution in [0.15, 0.2) is 30.3 Å². The number of carboxylic acids is 1. The standard InChI is InChI=1S/C16H21NO6/c1-21-11-16(14(18)19,9-12-7-8-12)23-17-15(20)22-10-13-5-3-2-4-6-13/h2-6,12H,7-11H2,1H3,(H,17,20)(H,18,19)/t16-/m0/s1. The van der Waals surface area contributed by atoms with Gasteiger partial charge in [-0.15, -0.1) is 0 Å². The fourth-order valence-electron chi connectivity index (χ4n) is 2.24. The Morgan fingerprint density at radius 3 is 2.57 bits per heavy atom. The maximum Gasteiger partial charge on any atom is 0.431 e. The summed E-state index contributed by atoms with van der Waals surface area (Å²) in [6.07, 6.45) is 1.36. The zero-order valence-corrected chi connectivity index (χ0v) is 13.0. The van der Waals surface area contributed by atoms with Gasteiger partial charge in [0.1, 0.15) is 6.61 Å². The summed E-state index contributed by atoms with van der Waals surface area (Å²) in [6, 6.07) is 9.14. The van der Waals surface area contributed by atoms with Crippen LogP contribution < -0.4 is 5.48 Å². The highest BCUT2D eigenvalue weighted by Crippen LogP contribution is 2.38. The molecule has 7 nitrogen and oxygen atoms in total. The molecule has 1 atom stereocenters. The summed E-state index contributed by atoms with van der Waals surface area (Å²) in [6.45, 7) is -0.0825. The van der Waals surface area contributed by atoms with Gasteiger partial charge in [0.25, 0.3) is 0 Å². The van der Waals surface area contributed by atoms with E-state index in [1.54, 1.807) is 0 Å². The lowest BCUT2D eigenvalue weighted by molar-refractivity contribution is -0.186. The molecule has 1 aliphatic carbocycles. The van der Waals surface area contributed by atoms with Crippen molar-refractivity contribution in [2.24, 2.45) is 5.92 Å². The van der Waals surface area contributed by atoms with E-state index < -0.39 is 17.7 Å². The highest BCUT2D eigenvalue weighted by atomic mass is 16.7. The van der Waals surface area contributed by atoms with Crippen molar-refractivity contribution in [3.63, 3.8) is 0 Å². The number of nitrogens with one attached hydrogen (secondary N) is 1. The predicted molar refractivity (Wildman–Crippen MR) is 80.4 cm³/mol. The summed E-state index contributed by atoms with van der Waals surface area (Å²) in [4.78, 5) is 28.5. The molecule has 0 heterocycles. The number of benzene rings is 1. The van der Waals surface area contributed by atoms with Crippen LogP contribution in [0.2, 0.25) is 0 Å². The van der Waals surface area contributed by atoms with Crippen LogP contribution in [-0.2, 0) is 25.7 Å². The van der Waals surface area contributed by atoms with Crippen molar-refractivity contribution < 1.29 is 29.0 Å². The Morgan fingerprint density at radius 2 is 2.00 bits per heavy atom. The first-order valence-electron chi connectivity index (χ1n) is 7.43. The Morgan fingerprint density at radius 1 is 1.30 bits per heavy atom. The second-order valence-corrected chi connectivity index (χ2v) is 5.65. The molecule has 7 heteroatoms. The molecule has 0 unspecified atom stereocenters. The van der Waals surface area contributed by atoms with E-state index in [4.69, 9.17) is 14.3 Å². The van der Waals surface area contributed by atoms with Gasteiger partial charge in [0.2, 0.25) is 5.60 Å². The van der Waals surface area contributed by atoms with Gasteiger partial charge >= 0.3 is 12.1 Å². The Hall–Kier alpha value is -2.12. The SMILES string of the molecule is COC[C@](CC1CC1)(ONC(=O)OCc1ccccc1)C(=O)O. The van der Waals surface area contributed by atoms with Gasteiger partial charge < -0.3 is 14.6 Å². The minimum absolute atomic E-state index is 0.0724. The fourth-order valence-corrected chi connectivity index (χ4v) is 2.24. The van der Waals surface area contributed by atoms with Crippen LogP contribution in [0.5, 0.6) is 0 Å². The van der Waals surface area contributed by atoms with Crippen LogP contribution in [0.4, 0.5) is 4.79 Å². The number of rotatable bonds is 9. The number of ether oxygens (including phenoxy) is 2. The van der Waals surface area contributed by atoms with Crippen LogP contribution in [0.1, 0.15) is 24.8 Å². The summed E-state index contributed by atoms with van der Waals surface area (Å²) in [5, 5.41) is 9.46. The molecule has 0 radical (unpaired) electrons. The summed E-state index contributed by atoms with van der Waals surface area (Å²) in [5.74, 6) is -0.891. The van der Waals surface area contributed by atoms with Crippen LogP contribution in [0, 0.1) is 5.92 Å². The third-order valence-electron chi connectivity index (χ3n) is 3.63. The first kappa shape index (κ1) is 17.2. The molecule has 23 heavy (non-hydrogen) atoms. The molecule has 1 saturated carbocycles. The number of carbonyl (C=O) groups excluding carboxylic acids is 1. The molecule has 0 aliphatic heterocycles. The van der Waals surface area contributed by atoms with E-state index >= 15 is 0 Å². The third kappa shape index (κ3) is 5.22. The minimum Gasteiger partial charge on any atom is -0.479 e. The van der Waals surface area contributed by atoms with E-state index in [1.807, 2.05) is 30.3 Å². The number of aliphatic carboxylic acids is 1. The van der Waals surface area contributed by atoms with Crippen LogP contribution in [-0.4, -0.2) is 36.5 Å². The molecule has 2 rings (SSSR count). The summed E-state index contributed by atoms with van der Waals surface area (Å²) in [5.41, 5.74) is 1.30. The average Bonchev–Trinajstić information content (AvgIpc) is 3.35. The molecule has 0 bridgehead atoms. The van der Waals surface area contributed by atoms with Gasteiger partial charge in [-0.3, -0.25) is 0 Å². The lowest BCUT2D eigenvalue weighted by Gasteiger charge is -2.27. The third-order valence-corrected chi connectivity index (χ3v) is 3.63. The molecule has 126 valence electrons. The molecule has 1 aromatic carbocycles. The zero-order valence-electron chi connectivity index (χ0n) is 13.0. The van der Waals surface area contributed by atoms with Crippen LogP contribution >= 0.6 is 0 Å². The maximum atomic E-state index is 11.7. The van der Waals surface area contributed by atoms with Gasteiger partial charge in [-0.2, -0.15) is 5.48 Å². The van der Waals surface area contributed by atoms with Gasteiger partial charge in [0, 0.05) is 7.11 Å². The van der Waals surface area contributed by atoms with Gasteiger partial charge in [0.05, 0.1) is 6.61 Å². The van der Waals surface area contributed by atoms with E-state index in [9.17, 15) is 14.7 Å². The van der Waals surface area contributed by atoms with Crippen LogP contribution in [0.3, 0.4) is 0 Å². The quantitative estimate of drug-likeness (QED) is 0.676. The van der Waals surface area contributed by atoms with Gasteiger partial charge in [0.15, 0.2) is 0 Å². The molecule has 2 N–H and O–H groups in total. The zero-order chi connectivity index (χ0) is 16.7. The van der Waals surface area contributed by atoms with E-state index in [2.05, 4.69) is 5.48 Å². The van der Waals surface area contributed by atoms with E-state index in [1.165, 1.54) is 7.11 Å². The molecule has 1 aromatic rings. The maximum absolute atomic E-state index is 11.7. The lowest BCUT2D eigenvalue weighted by atomic mass is 9.98. The van der Waals surface area contributed by atoms with Crippen molar-refractivity contribution in [2.45, 2.75) is 31.5 Å². The Bertz CT molecular complexity index is 531. The Balaban J connectivity index is 1.86. The molecular formula is C16H21NO6. The second kappa shape index (κ2) is 7.94. The number of hydroxylamine groups is 1.